The van der Waals surface area contributed by atoms with Gasteiger partial charge in [0.1, 0.15) is 18.6 Å². The van der Waals surface area contributed by atoms with E-state index in [1.807, 2.05) is 0 Å². The number of rotatable bonds is 4. The Bertz CT molecular complexity index is 355. The van der Waals surface area contributed by atoms with Crippen LogP contribution in [0.25, 0.3) is 0 Å². The van der Waals surface area contributed by atoms with Gasteiger partial charge in [0.15, 0.2) is 5.15 Å². The van der Waals surface area contributed by atoms with Crippen molar-refractivity contribution >= 4 is 17.3 Å². The molecule has 0 unspecified atom stereocenters. The molecule has 6 heteroatoms. The Kier molecular flexibility index (Phi) is 3.79. The van der Waals surface area contributed by atoms with Crippen molar-refractivity contribution in [3.8, 4) is 5.88 Å². The van der Waals surface area contributed by atoms with E-state index >= 15 is 0 Å². The van der Waals surface area contributed by atoms with E-state index in [2.05, 4.69) is 14.9 Å². The maximum Gasteiger partial charge on any atom is 0.241 e. The van der Waals surface area contributed by atoms with Gasteiger partial charge in [-0.2, -0.15) is 4.98 Å². The molecule has 0 aromatic carbocycles. The van der Waals surface area contributed by atoms with E-state index in [1.165, 1.54) is 19.2 Å². The van der Waals surface area contributed by atoms with Crippen LogP contribution in [-0.4, -0.2) is 41.1 Å². The molecule has 1 saturated heterocycles. The highest BCUT2D eigenvalue weighted by Crippen LogP contribution is 2.23. The number of nitrogen functional groups attached to an aromatic ring is 1. The molecular formula is C10H15ClN4O. The Morgan fingerprint density at radius 3 is 2.88 bits per heavy atom. The number of hydrogen-bond acceptors (Lipinski definition) is 5. The highest BCUT2D eigenvalue weighted by Gasteiger charge is 2.12. The van der Waals surface area contributed by atoms with E-state index in [4.69, 9.17) is 22.1 Å². The van der Waals surface area contributed by atoms with Gasteiger partial charge in [0.25, 0.3) is 0 Å². The molecule has 1 fully saturated rings. The topological polar surface area (TPSA) is 64.3 Å². The summed E-state index contributed by atoms with van der Waals surface area (Å²) in [4.78, 5) is 10.1. The van der Waals surface area contributed by atoms with Crippen molar-refractivity contribution in [2.24, 2.45) is 0 Å². The first-order chi connectivity index (χ1) is 7.77. The standard InChI is InChI=1S/C10H15ClN4O/c11-9-8(12)10(14-7-13-9)16-6-5-15-3-1-2-4-15/h7H,1-6,12H2. The van der Waals surface area contributed by atoms with Gasteiger partial charge < -0.3 is 10.5 Å². The van der Waals surface area contributed by atoms with E-state index in [1.54, 1.807) is 0 Å². The average Bonchev–Trinajstić information content (AvgIpc) is 2.77. The van der Waals surface area contributed by atoms with Gasteiger partial charge >= 0.3 is 0 Å². The lowest BCUT2D eigenvalue weighted by Crippen LogP contribution is -2.25. The monoisotopic (exact) mass is 242 g/mol. The van der Waals surface area contributed by atoms with E-state index < -0.39 is 0 Å². The van der Waals surface area contributed by atoms with Gasteiger partial charge in [-0.15, -0.1) is 0 Å². The van der Waals surface area contributed by atoms with Crippen molar-refractivity contribution in [3.05, 3.63) is 11.5 Å². The van der Waals surface area contributed by atoms with Crippen LogP contribution in [0, 0.1) is 0 Å². The Labute approximate surface area is 99.6 Å². The summed E-state index contributed by atoms with van der Waals surface area (Å²) >= 11 is 5.75. The van der Waals surface area contributed by atoms with Crippen molar-refractivity contribution in [1.29, 1.82) is 0 Å². The minimum Gasteiger partial charge on any atom is -0.475 e. The molecule has 0 aliphatic carbocycles. The predicted molar refractivity (Wildman–Crippen MR) is 62.6 cm³/mol. The zero-order chi connectivity index (χ0) is 11.4. The van der Waals surface area contributed by atoms with Gasteiger partial charge in [0, 0.05) is 6.54 Å². The molecular weight excluding hydrogens is 228 g/mol. The number of anilines is 1. The van der Waals surface area contributed by atoms with E-state index in [9.17, 15) is 0 Å². The number of aromatic nitrogens is 2. The van der Waals surface area contributed by atoms with Gasteiger partial charge in [0.05, 0.1) is 0 Å². The summed E-state index contributed by atoms with van der Waals surface area (Å²) in [5.74, 6) is 0.374. The summed E-state index contributed by atoms with van der Waals surface area (Å²) in [5, 5.41) is 0.242. The zero-order valence-corrected chi connectivity index (χ0v) is 9.78. The third-order valence-electron chi connectivity index (χ3n) is 2.64. The molecule has 16 heavy (non-hydrogen) atoms. The first-order valence-electron chi connectivity index (χ1n) is 5.38. The van der Waals surface area contributed by atoms with Crippen LogP contribution < -0.4 is 10.5 Å². The highest BCUT2D eigenvalue weighted by molar-refractivity contribution is 6.32. The van der Waals surface area contributed by atoms with Gasteiger partial charge in [0.2, 0.25) is 5.88 Å². The second-order valence-corrected chi connectivity index (χ2v) is 4.14. The number of nitrogens with zero attached hydrogens (tertiary/aromatic N) is 3. The average molecular weight is 243 g/mol. The smallest absolute Gasteiger partial charge is 0.241 e. The fourth-order valence-electron chi connectivity index (χ4n) is 1.75. The number of likely N-dealkylation sites (tertiary alicyclic amines) is 1. The molecule has 2 N–H and O–H groups in total. The fourth-order valence-corrected chi connectivity index (χ4v) is 1.88. The lowest BCUT2D eigenvalue weighted by atomic mass is 10.4. The molecule has 1 aromatic heterocycles. The zero-order valence-electron chi connectivity index (χ0n) is 9.03. The molecule has 0 saturated carbocycles. The molecule has 0 atom stereocenters. The number of hydrogen-bond donors (Lipinski definition) is 1. The quantitative estimate of drug-likeness (QED) is 0.804. The summed E-state index contributed by atoms with van der Waals surface area (Å²) in [6.07, 6.45) is 3.91. The summed E-state index contributed by atoms with van der Waals surface area (Å²) in [7, 11) is 0. The van der Waals surface area contributed by atoms with E-state index in [0.29, 0.717) is 18.2 Å². The fraction of sp³-hybridized carbons (Fsp3) is 0.600. The minimum absolute atomic E-state index is 0.242. The predicted octanol–water partition coefficient (Wildman–Crippen LogP) is 1.19. The lowest BCUT2D eigenvalue weighted by molar-refractivity contribution is 0.232. The SMILES string of the molecule is Nc1c(Cl)ncnc1OCCN1CCCC1. The van der Waals surface area contributed by atoms with Crippen molar-refractivity contribution < 1.29 is 4.74 Å². The summed E-state index contributed by atoms with van der Waals surface area (Å²) in [5.41, 5.74) is 5.99. The van der Waals surface area contributed by atoms with Gasteiger partial charge in [-0.05, 0) is 25.9 Å². The summed E-state index contributed by atoms with van der Waals surface area (Å²) in [6.45, 7) is 3.80. The van der Waals surface area contributed by atoms with Gasteiger partial charge in [-0.25, -0.2) is 4.98 Å². The molecule has 1 aliphatic rings. The third-order valence-corrected chi connectivity index (χ3v) is 2.94. The van der Waals surface area contributed by atoms with Crippen LogP contribution in [0.2, 0.25) is 5.15 Å². The first kappa shape index (κ1) is 11.4. The van der Waals surface area contributed by atoms with E-state index in [-0.39, 0.29) is 5.15 Å². The van der Waals surface area contributed by atoms with Crippen molar-refractivity contribution in [1.82, 2.24) is 14.9 Å². The second kappa shape index (κ2) is 5.32. The molecule has 5 nitrogen and oxygen atoms in total. The molecule has 0 radical (unpaired) electrons. The summed E-state index contributed by atoms with van der Waals surface area (Å²) < 4.78 is 5.48. The molecule has 0 spiro atoms. The number of nitrogens with two attached hydrogens (primary N) is 1. The lowest BCUT2D eigenvalue weighted by Gasteiger charge is -2.15. The maximum absolute atomic E-state index is 5.75. The first-order valence-corrected chi connectivity index (χ1v) is 5.76. The Morgan fingerprint density at radius 1 is 1.38 bits per heavy atom. The van der Waals surface area contributed by atoms with Crippen molar-refractivity contribution in [3.63, 3.8) is 0 Å². The molecule has 1 aromatic rings. The Hall–Kier alpha value is -1.07. The Morgan fingerprint density at radius 2 is 2.12 bits per heavy atom. The van der Waals surface area contributed by atoms with Crippen LogP contribution in [0.4, 0.5) is 5.69 Å². The van der Waals surface area contributed by atoms with Crippen LogP contribution in [0.15, 0.2) is 6.33 Å². The normalized spacial score (nSPS) is 16.6. The molecule has 2 rings (SSSR count). The Balaban J connectivity index is 1.82. The highest BCUT2D eigenvalue weighted by atomic mass is 35.5. The third kappa shape index (κ3) is 2.74. The van der Waals surface area contributed by atoms with Crippen LogP contribution in [0.1, 0.15) is 12.8 Å². The van der Waals surface area contributed by atoms with Crippen LogP contribution in [-0.2, 0) is 0 Å². The number of ether oxygens (including phenoxy) is 1. The molecule has 2 heterocycles. The second-order valence-electron chi connectivity index (χ2n) is 3.78. The van der Waals surface area contributed by atoms with Crippen LogP contribution in [0.3, 0.4) is 0 Å². The number of halogens is 1. The van der Waals surface area contributed by atoms with Crippen LogP contribution >= 0.6 is 11.6 Å². The van der Waals surface area contributed by atoms with Gasteiger partial charge in [-0.1, -0.05) is 11.6 Å². The van der Waals surface area contributed by atoms with Gasteiger partial charge in [-0.3, -0.25) is 4.90 Å². The molecule has 1 aliphatic heterocycles. The molecule has 88 valence electrons. The van der Waals surface area contributed by atoms with Crippen molar-refractivity contribution in [2.75, 3.05) is 32.0 Å². The van der Waals surface area contributed by atoms with E-state index in [0.717, 1.165) is 19.6 Å². The minimum atomic E-state index is 0.242. The largest absolute Gasteiger partial charge is 0.475 e. The molecule has 0 bridgehead atoms. The molecule has 0 amide bonds. The summed E-state index contributed by atoms with van der Waals surface area (Å²) in [6, 6.07) is 0. The maximum atomic E-state index is 5.75. The van der Waals surface area contributed by atoms with Crippen LogP contribution in [0.5, 0.6) is 5.88 Å². The van der Waals surface area contributed by atoms with Crippen molar-refractivity contribution in [2.45, 2.75) is 12.8 Å².